The number of carboxylic acid groups (broad SMARTS) is 1. The van der Waals surface area contributed by atoms with Crippen LogP contribution in [0, 0.1) is 0 Å². The molecular formula is C16H22ClNO3S. The zero-order valence-electron chi connectivity index (χ0n) is 13.1. The largest absolute Gasteiger partial charge is 0.481 e. The van der Waals surface area contributed by atoms with Crippen LogP contribution >= 0.6 is 11.6 Å². The Labute approximate surface area is 139 Å². The highest BCUT2D eigenvalue weighted by Crippen LogP contribution is 2.42. The summed E-state index contributed by atoms with van der Waals surface area (Å²) in [6.07, 6.45) is 1.34. The van der Waals surface area contributed by atoms with E-state index in [-0.39, 0.29) is 18.5 Å². The van der Waals surface area contributed by atoms with Gasteiger partial charge in [0.05, 0.1) is 11.2 Å². The summed E-state index contributed by atoms with van der Waals surface area (Å²) in [5.74, 6) is -0.899. The van der Waals surface area contributed by atoms with E-state index >= 15 is 0 Å². The van der Waals surface area contributed by atoms with E-state index in [1.165, 1.54) is 0 Å². The van der Waals surface area contributed by atoms with E-state index < -0.39 is 21.7 Å². The quantitative estimate of drug-likeness (QED) is 0.905. The zero-order valence-corrected chi connectivity index (χ0v) is 14.7. The van der Waals surface area contributed by atoms with Crippen molar-refractivity contribution in [2.24, 2.45) is 0 Å². The summed E-state index contributed by atoms with van der Waals surface area (Å²) in [5, 5.41) is 9.79. The molecule has 1 N–H and O–H groups in total. The van der Waals surface area contributed by atoms with Gasteiger partial charge in [-0.3, -0.25) is 4.79 Å². The SMILES string of the molecule is CC(C)N1[C@H](c2ccc(Cl)cc2)CC[C@](C)(CC(=O)O)S1=O. The minimum atomic E-state index is -1.35. The van der Waals surface area contributed by atoms with Gasteiger partial charge in [0.25, 0.3) is 0 Å². The van der Waals surface area contributed by atoms with E-state index in [4.69, 9.17) is 16.7 Å². The Morgan fingerprint density at radius 1 is 1.45 bits per heavy atom. The highest BCUT2D eigenvalue weighted by atomic mass is 35.5. The molecule has 0 saturated carbocycles. The van der Waals surface area contributed by atoms with Crippen molar-refractivity contribution in [1.82, 2.24) is 4.31 Å². The van der Waals surface area contributed by atoms with Gasteiger partial charge < -0.3 is 5.11 Å². The molecular weight excluding hydrogens is 322 g/mol. The Balaban J connectivity index is 2.33. The number of carbonyl (C=O) groups is 1. The molecule has 1 unspecified atom stereocenters. The molecule has 1 heterocycles. The van der Waals surface area contributed by atoms with Crippen molar-refractivity contribution in [2.75, 3.05) is 0 Å². The van der Waals surface area contributed by atoms with Crippen molar-refractivity contribution in [3.63, 3.8) is 0 Å². The number of nitrogens with zero attached hydrogens (tertiary/aromatic N) is 1. The first kappa shape index (κ1) is 17.4. The normalized spacial score (nSPS) is 29.7. The van der Waals surface area contributed by atoms with Crippen LogP contribution in [0.5, 0.6) is 0 Å². The number of rotatable bonds is 4. The van der Waals surface area contributed by atoms with Gasteiger partial charge in [-0.15, -0.1) is 0 Å². The Morgan fingerprint density at radius 2 is 2.05 bits per heavy atom. The second-order valence-electron chi connectivity index (χ2n) is 6.33. The third kappa shape index (κ3) is 3.53. The number of carboxylic acids is 1. The first-order valence-electron chi connectivity index (χ1n) is 7.42. The van der Waals surface area contributed by atoms with Gasteiger partial charge in [-0.1, -0.05) is 23.7 Å². The summed E-state index contributed by atoms with van der Waals surface area (Å²) in [6.45, 7) is 5.80. The van der Waals surface area contributed by atoms with Crippen molar-refractivity contribution in [1.29, 1.82) is 0 Å². The van der Waals surface area contributed by atoms with E-state index in [1.54, 1.807) is 0 Å². The van der Waals surface area contributed by atoms with Crippen LogP contribution in [0.1, 0.15) is 51.6 Å². The molecule has 0 amide bonds. The van der Waals surface area contributed by atoms with Crippen LogP contribution < -0.4 is 0 Å². The molecule has 122 valence electrons. The maximum absolute atomic E-state index is 13.0. The minimum Gasteiger partial charge on any atom is -0.481 e. The second kappa shape index (κ2) is 6.69. The summed E-state index contributed by atoms with van der Waals surface area (Å²) in [5.41, 5.74) is 1.07. The molecule has 1 aromatic rings. The standard InChI is InChI=1S/C16H22ClNO3S/c1-11(2)18-14(12-4-6-13(17)7-5-12)8-9-16(3,22(18)21)10-15(19)20/h4-7,11,14H,8-10H2,1-3H3,(H,19,20)/t14-,16+,22?/m0/s1. The number of hydrogen-bond acceptors (Lipinski definition) is 2. The fourth-order valence-electron chi connectivity index (χ4n) is 3.05. The smallest absolute Gasteiger partial charge is 0.304 e. The third-order valence-corrected chi connectivity index (χ3v) is 6.66. The molecule has 0 bridgehead atoms. The number of aliphatic carboxylic acids is 1. The van der Waals surface area contributed by atoms with Gasteiger partial charge >= 0.3 is 5.97 Å². The third-order valence-electron chi connectivity index (χ3n) is 4.16. The number of halogens is 1. The molecule has 1 fully saturated rings. The zero-order chi connectivity index (χ0) is 16.5. The molecule has 6 heteroatoms. The Bertz CT molecular complexity index is 575. The van der Waals surface area contributed by atoms with Gasteiger partial charge in [-0.25, -0.2) is 8.51 Å². The minimum absolute atomic E-state index is 0.0277. The summed E-state index contributed by atoms with van der Waals surface area (Å²) in [6, 6.07) is 7.68. The fourth-order valence-corrected chi connectivity index (χ4v) is 5.06. The molecule has 4 nitrogen and oxygen atoms in total. The van der Waals surface area contributed by atoms with Crippen LogP contribution in [-0.4, -0.2) is 30.4 Å². The molecule has 0 aliphatic carbocycles. The lowest BCUT2D eigenvalue weighted by atomic mass is 9.93. The molecule has 1 aromatic carbocycles. The van der Waals surface area contributed by atoms with Gasteiger partial charge in [0.1, 0.15) is 11.0 Å². The average Bonchev–Trinajstić information content (AvgIpc) is 2.41. The van der Waals surface area contributed by atoms with Crippen molar-refractivity contribution >= 4 is 28.6 Å². The highest BCUT2D eigenvalue weighted by molar-refractivity contribution is 7.84. The van der Waals surface area contributed by atoms with Crippen LogP contribution in [0.25, 0.3) is 0 Å². The number of hydrogen-bond donors (Lipinski definition) is 1. The second-order valence-corrected chi connectivity index (χ2v) is 8.67. The van der Waals surface area contributed by atoms with Crippen LogP contribution in [0.3, 0.4) is 0 Å². The Morgan fingerprint density at radius 3 is 2.55 bits per heavy atom. The molecule has 0 aromatic heterocycles. The maximum Gasteiger partial charge on any atom is 0.304 e. The monoisotopic (exact) mass is 343 g/mol. The predicted molar refractivity (Wildman–Crippen MR) is 89.2 cm³/mol. The lowest BCUT2D eigenvalue weighted by Crippen LogP contribution is -2.51. The van der Waals surface area contributed by atoms with Crippen LogP contribution in [0.2, 0.25) is 5.02 Å². The fraction of sp³-hybridized carbons (Fsp3) is 0.562. The van der Waals surface area contributed by atoms with E-state index in [1.807, 2.05) is 49.3 Å². The van der Waals surface area contributed by atoms with Crippen molar-refractivity contribution < 1.29 is 14.1 Å². The summed E-state index contributed by atoms with van der Waals surface area (Å²) in [7, 11) is -1.35. The molecule has 0 radical (unpaired) electrons. The molecule has 1 saturated heterocycles. The Kier molecular flexibility index (Phi) is 5.30. The van der Waals surface area contributed by atoms with Gasteiger partial charge in [0, 0.05) is 17.1 Å². The van der Waals surface area contributed by atoms with Gasteiger partial charge in [-0.05, 0) is 51.3 Å². The van der Waals surface area contributed by atoms with Gasteiger partial charge in [-0.2, -0.15) is 0 Å². The average molecular weight is 344 g/mol. The summed E-state index contributed by atoms with van der Waals surface area (Å²) in [4.78, 5) is 11.1. The highest BCUT2D eigenvalue weighted by Gasteiger charge is 2.45. The number of benzene rings is 1. The van der Waals surface area contributed by atoms with Gasteiger partial charge in [0.15, 0.2) is 0 Å². The maximum atomic E-state index is 13.0. The first-order chi connectivity index (χ1) is 10.2. The molecule has 3 atom stereocenters. The predicted octanol–water partition coefficient (Wildman–Crippen LogP) is 3.78. The molecule has 0 spiro atoms. The molecule has 1 aliphatic rings. The topological polar surface area (TPSA) is 57.6 Å². The van der Waals surface area contributed by atoms with E-state index in [2.05, 4.69) is 0 Å². The van der Waals surface area contributed by atoms with Crippen LogP contribution in [0.4, 0.5) is 0 Å². The van der Waals surface area contributed by atoms with E-state index in [0.29, 0.717) is 11.4 Å². The van der Waals surface area contributed by atoms with Gasteiger partial charge in [0.2, 0.25) is 0 Å². The summed E-state index contributed by atoms with van der Waals surface area (Å²) >= 11 is 5.94. The lowest BCUT2D eigenvalue weighted by molar-refractivity contribution is -0.137. The van der Waals surface area contributed by atoms with E-state index in [0.717, 1.165) is 12.0 Å². The summed E-state index contributed by atoms with van der Waals surface area (Å²) < 4.78 is 14.3. The van der Waals surface area contributed by atoms with Crippen molar-refractivity contribution in [2.45, 2.75) is 56.9 Å². The van der Waals surface area contributed by atoms with E-state index in [9.17, 15) is 9.00 Å². The molecule has 1 aliphatic heterocycles. The first-order valence-corrected chi connectivity index (χ1v) is 8.90. The van der Waals surface area contributed by atoms with Crippen molar-refractivity contribution in [3.8, 4) is 0 Å². The molecule has 2 rings (SSSR count). The van der Waals surface area contributed by atoms with Crippen LogP contribution in [0.15, 0.2) is 24.3 Å². The Hall–Kier alpha value is -0.910. The molecule has 22 heavy (non-hydrogen) atoms. The van der Waals surface area contributed by atoms with Crippen LogP contribution in [-0.2, 0) is 15.8 Å². The lowest BCUT2D eigenvalue weighted by Gasteiger charge is -2.45. The van der Waals surface area contributed by atoms with Crippen molar-refractivity contribution in [3.05, 3.63) is 34.9 Å².